The van der Waals surface area contributed by atoms with Gasteiger partial charge in [-0.25, -0.2) is 4.39 Å². The van der Waals surface area contributed by atoms with Crippen LogP contribution in [0.25, 0.3) is 22.2 Å². The summed E-state index contributed by atoms with van der Waals surface area (Å²) < 4.78 is 65.2. The Labute approximate surface area is 236 Å². The average Bonchev–Trinajstić information content (AvgIpc) is 3.31. The summed E-state index contributed by atoms with van der Waals surface area (Å²) in [4.78, 5) is 17.6. The van der Waals surface area contributed by atoms with E-state index in [-0.39, 0.29) is 34.2 Å². The molecule has 3 aromatic rings. The third-order valence-electron chi connectivity index (χ3n) is 8.15. The first-order chi connectivity index (χ1) is 19.0. The molecular weight excluding hydrogens is 546 g/mol. The number of benzene rings is 1. The Bertz CT molecular complexity index is 1420. The molecule has 0 aliphatic carbocycles. The van der Waals surface area contributed by atoms with Gasteiger partial charge < -0.3 is 14.5 Å². The summed E-state index contributed by atoms with van der Waals surface area (Å²) in [5.74, 6) is -0.494. The van der Waals surface area contributed by atoms with Crippen molar-refractivity contribution < 1.29 is 22.3 Å². The number of alkyl halides is 3. The SMILES string of the molecule is CCc1cc(C)c(C(F)(F)F)c(-c2c(Cl)cc3c(N4CCCC[C@@H]4C)nc(OC[C@@H]4CCCN4C)nc3c2F)n1. The van der Waals surface area contributed by atoms with Crippen LogP contribution in [0.1, 0.15) is 62.8 Å². The number of fused-ring (bicyclic) bond motifs is 1. The Balaban J connectivity index is 1.72. The molecule has 2 atom stereocenters. The van der Waals surface area contributed by atoms with E-state index in [0.29, 0.717) is 36.5 Å². The van der Waals surface area contributed by atoms with Crippen LogP contribution in [0.5, 0.6) is 6.01 Å². The third-order valence-corrected chi connectivity index (χ3v) is 8.44. The third kappa shape index (κ3) is 5.44. The highest BCUT2D eigenvalue weighted by atomic mass is 35.5. The standard InChI is InChI=1S/C29H34ClF4N5O/c1-5-18-13-16(2)23(29(32,33)34)26(35-18)22-21(30)14-20-25(24(22)31)36-28(40-15-19-10-8-11-38(19)4)37-27(20)39-12-7-6-9-17(39)3/h13-14,17,19H,5-12,15H2,1-4H3/t17-,19-/m0/s1. The maximum Gasteiger partial charge on any atom is 0.418 e. The van der Waals surface area contributed by atoms with Crippen molar-refractivity contribution in [3.8, 4) is 17.3 Å². The van der Waals surface area contributed by atoms with Crippen molar-refractivity contribution >= 4 is 28.3 Å². The van der Waals surface area contributed by atoms with Gasteiger partial charge in [0.05, 0.1) is 21.8 Å². The molecule has 1 aromatic carbocycles. The largest absolute Gasteiger partial charge is 0.462 e. The highest BCUT2D eigenvalue weighted by Gasteiger charge is 2.39. The first-order valence-electron chi connectivity index (χ1n) is 13.9. The molecule has 11 heteroatoms. The molecule has 216 valence electrons. The zero-order valence-corrected chi connectivity index (χ0v) is 24.0. The molecule has 0 N–H and O–H groups in total. The van der Waals surface area contributed by atoms with E-state index < -0.39 is 28.8 Å². The maximum atomic E-state index is 16.5. The van der Waals surface area contributed by atoms with Crippen LogP contribution in [0.2, 0.25) is 5.02 Å². The molecule has 6 nitrogen and oxygen atoms in total. The molecule has 5 rings (SSSR count). The van der Waals surface area contributed by atoms with E-state index >= 15 is 4.39 Å². The molecule has 2 aliphatic heterocycles. The lowest BCUT2D eigenvalue weighted by Crippen LogP contribution is -2.38. The van der Waals surface area contributed by atoms with Crippen LogP contribution in [0.4, 0.5) is 23.4 Å². The van der Waals surface area contributed by atoms with Gasteiger partial charge in [-0.15, -0.1) is 0 Å². The Morgan fingerprint density at radius 1 is 1.07 bits per heavy atom. The van der Waals surface area contributed by atoms with Crippen molar-refractivity contribution in [1.82, 2.24) is 19.9 Å². The molecule has 0 radical (unpaired) electrons. The fourth-order valence-electron chi connectivity index (χ4n) is 5.89. The number of pyridine rings is 1. The second-order valence-electron chi connectivity index (χ2n) is 10.9. The van der Waals surface area contributed by atoms with Crippen LogP contribution in [0.15, 0.2) is 12.1 Å². The van der Waals surface area contributed by atoms with Gasteiger partial charge in [-0.3, -0.25) is 4.98 Å². The molecule has 2 saturated heterocycles. The van der Waals surface area contributed by atoms with Crippen LogP contribution in [0, 0.1) is 12.7 Å². The molecule has 0 unspecified atom stereocenters. The van der Waals surface area contributed by atoms with Crippen LogP contribution in [-0.4, -0.2) is 58.7 Å². The van der Waals surface area contributed by atoms with Crippen molar-refractivity contribution in [2.75, 3.05) is 31.6 Å². The monoisotopic (exact) mass is 579 g/mol. The minimum Gasteiger partial charge on any atom is -0.462 e. The lowest BCUT2D eigenvalue weighted by atomic mass is 9.97. The van der Waals surface area contributed by atoms with Crippen molar-refractivity contribution in [2.45, 2.75) is 77.6 Å². The minimum atomic E-state index is -4.76. The number of anilines is 1. The van der Waals surface area contributed by atoms with E-state index in [1.165, 1.54) is 19.1 Å². The van der Waals surface area contributed by atoms with Gasteiger partial charge in [0.15, 0.2) is 5.82 Å². The number of halogens is 5. The van der Waals surface area contributed by atoms with Gasteiger partial charge in [-0.2, -0.15) is 23.1 Å². The van der Waals surface area contributed by atoms with Crippen molar-refractivity contribution in [3.63, 3.8) is 0 Å². The fraction of sp³-hybridized carbons (Fsp3) is 0.552. The zero-order valence-electron chi connectivity index (χ0n) is 23.2. The van der Waals surface area contributed by atoms with E-state index in [2.05, 4.69) is 26.7 Å². The van der Waals surface area contributed by atoms with Crippen molar-refractivity contribution in [3.05, 3.63) is 39.8 Å². The molecule has 0 amide bonds. The molecule has 4 heterocycles. The summed E-state index contributed by atoms with van der Waals surface area (Å²) in [7, 11) is 2.02. The van der Waals surface area contributed by atoms with Gasteiger partial charge in [0, 0.05) is 29.7 Å². The number of likely N-dealkylation sites (tertiary alicyclic amines) is 1. The Hall–Kier alpha value is -2.72. The van der Waals surface area contributed by atoms with Gasteiger partial charge in [0.25, 0.3) is 0 Å². The number of hydrogen-bond acceptors (Lipinski definition) is 6. The maximum absolute atomic E-state index is 16.5. The molecule has 0 bridgehead atoms. The molecule has 40 heavy (non-hydrogen) atoms. The number of aromatic nitrogens is 3. The summed E-state index contributed by atoms with van der Waals surface area (Å²) in [5, 5.41) is 0.161. The van der Waals surface area contributed by atoms with E-state index in [0.717, 1.165) is 38.6 Å². The van der Waals surface area contributed by atoms with Gasteiger partial charge in [-0.05, 0) is 83.7 Å². The van der Waals surface area contributed by atoms with E-state index in [4.69, 9.17) is 21.3 Å². The predicted molar refractivity (Wildman–Crippen MR) is 149 cm³/mol. The number of nitrogens with zero attached hydrogens (tertiary/aromatic N) is 5. The van der Waals surface area contributed by atoms with Gasteiger partial charge in [0.2, 0.25) is 0 Å². The first-order valence-corrected chi connectivity index (χ1v) is 14.2. The van der Waals surface area contributed by atoms with E-state index in [1.54, 1.807) is 6.92 Å². The number of rotatable bonds is 6. The fourth-order valence-corrected chi connectivity index (χ4v) is 6.18. The Kier molecular flexibility index (Phi) is 8.12. The Morgan fingerprint density at radius 3 is 2.50 bits per heavy atom. The lowest BCUT2D eigenvalue weighted by molar-refractivity contribution is -0.137. The molecule has 2 fully saturated rings. The number of piperidine rings is 1. The summed E-state index contributed by atoms with van der Waals surface area (Å²) in [6.07, 6.45) is 0.584. The van der Waals surface area contributed by atoms with Crippen LogP contribution < -0.4 is 9.64 Å². The minimum absolute atomic E-state index is 0.00441. The second-order valence-corrected chi connectivity index (χ2v) is 11.3. The van der Waals surface area contributed by atoms with Gasteiger partial charge in [0.1, 0.15) is 17.9 Å². The first kappa shape index (κ1) is 28.8. The molecular formula is C29H34ClF4N5O. The van der Waals surface area contributed by atoms with Crippen LogP contribution in [0.3, 0.4) is 0 Å². The molecule has 2 aliphatic rings. The molecule has 2 aromatic heterocycles. The zero-order chi connectivity index (χ0) is 28.8. The lowest BCUT2D eigenvalue weighted by Gasteiger charge is -2.35. The van der Waals surface area contributed by atoms with E-state index in [9.17, 15) is 13.2 Å². The van der Waals surface area contributed by atoms with Crippen LogP contribution in [-0.2, 0) is 12.6 Å². The Morgan fingerprint density at radius 2 is 1.85 bits per heavy atom. The normalized spacial score (nSPS) is 20.5. The number of aryl methyl sites for hydroxylation is 2. The summed E-state index contributed by atoms with van der Waals surface area (Å²) in [6.45, 7) is 7.20. The smallest absolute Gasteiger partial charge is 0.418 e. The number of hydrogen-bond donors (Lipinski definition) is 0. The van der Waals surface area contributed by atoms with E-state index in [1.807, 2.05) is 7.05 Å². The summed E-state index contributed by atoms with van der Waals surface area (Å²) in [6, 6.07) is 3.15. The van der Waals surface area contributed by atoms with Gasteiger partial charge >= 0.3 is 12.2 Å². The van der Waals surface area contributed by atoms with Crippen molar-refractivity contribution in [2.24, 2.45) is 0 Å². The van der Waals surface area contributed by atoms with Gasteiger partial charge in [-0.1, -0.05) is 18.5 Å². The quantitative estimate of drug-likeness (QED) is 0.287. The predicted octanol–water partition coefficient (Wildman–Crippen LogP) is 7.23. The second kappa shape index (κ2) is 11.3. The average molecular weight is 580 g/mol. The number of ether oxygens (including phenoxy) is 1. The number of likely N-dealkylation sites (N-methyl/N-ethyl adjacent to an activating group) is 1. The summed E-state index contributed by atoms with van der Waals surface area (Å²) in [5.41, 5.74) is -1.73. The highest BCUT2D eigenvalue weighted by molar-refractivity contribution is 6.34. The highest BCUT2D eigenvalue weighted by Crippen LogP contribution is 2.44. The summed E-state index contributed by atoms with van der Waals surface area (Å²) >= 11 is 6.61. The molecule has 0 spiro atoms. The molecule has 0 saturated carbocycles. The van der Waals surface area contributed by atoms with Crippen LogP contribution >= 0.6 is 11.6 Å². The topological polar surface area (TPSA) is 54.4 Å². The van der Waals surface area contributed by atoms with Crippen molar-refractivity contribution in [1.29, 1.82) is 0 Å².